The number of thiophene rings is 1. The van der Waals surface area contributed by atoms with Gasteiger partial charge in [-0.2, -0.15) is 0 Å². The van der Waals surface area contributed by atoms with Gasteiger partial charge in [0.2, 0.25) is 0 Å². The maximum Gasteiger partial charge on any atom is 0.136 e. The van der Waals surface area contributed by atoms with Crippen molar-refractivity contribution in [2.45, 2.75) is 0 Å². The summed E-state index contributed by atoms with van der Waals surface area (Å²) in [6.45, 7) is 0. The first-order chi connectivity index (χ1) is 28.7. The van der Waals surface area contributed by atoms with Crippen LogP contribution in [0.4, 0.5) is 17.1 Å². The zero-order valence-corrected chi connectivity index (χ0v) is 32.0. The molecule has 0 aliphatic rings. The molecule has 0 aliphatic heterocycles. The first-order valence-corrected chi connectivity index (χ1v) is 20.4. The van der Waals surface area contributed by atoms with E-state index in [-0.39, 0.29) is 0 Å². The molecule has 3 heterocycles. The second kappa shape index (κ2) is 13.1. The monoisotopic (exact) mass is 759 g/mol. The molecular formula is C54H33NO2S. The average Bonchev–Trinajstić information content (AvgIpc) is 3.96. The highest BCUT2D eigenvalue weighted by Crippen LogP contribution is 2.43. The summed E-state index contributed by atoms with van der Waals surface area (Å²) in [6, 6.07) is 71.4. The van der Waals surface area contributed by atoms with Crippen LogP contribution in [0.3, 0.4) is 0 Å². The molecule has 0 aliphatic carbocycles. The lowest BCUT2D eigenvalue weighted by Crippen LogP contribution is -2.09. The Kier molecular flexibility index (Phi) is 7.40. The molecule has 0 saturated carbocycles. The molecule has 0 amide bonds. The van der Waals surface area contributed by atoms with Gasteiger partial charge >= 0.3 is 0 Å². The first kappa shape index (κ1) is 32.8. The van der Waals surface area contributed by atoms with Crippen LogP contribution in [0.1, 0.15) is 0 Å². The molecule has 4 heteroatoms. The molecule has 0 atom stereocenters. The molecule has 0 spiro atoms. The van der Waals surface area contributed by atoms with Gasteiger partial charge in [-0.05, 0) is 118 Å². The minimum Gasteiger partial charge on any atom is -0.456 e. The van der Waals surface area contributed by atoms with E-state index in [1.807, 2.05) is 11.3 Å². The van der Waals surface area contributed by atoms with Crippen LogP contribution < -0.4 is 4.90 Å². The summed E-state index contributed by atoms with van der Waals surface area (Å²) in [5, 5.41) is 6.79. The van der Waals surface area contributed by atoms with Gasteiger partial charge in [-0.1, -0.05) is 115 Å². The Balaban J connectivity index is 0.961. The molecule has 0 fully saturated rings. The van der Waals surface area contributed by atoms with Crippen LogP contribution in [0.5, 0.6) is 0 Å². The van der Waals surface area contributed by atoms with Crippen LogP contribution in [0.25, 0.3) is 97.4 Å². The first-order valence-electron chi connectivity index (χ1n) is 19.6. The second-order valence-electron chi connectivity index (χ2n) is 14.9. The maximum absolute atomic E-state index is 6.59. The number of fused-ring (bicyclic) bond motifs is 9. The molecule has 0 unspecified atom stereocenters. The summed E-state index contributed by atoms with van der Waals surface area (Å²) in [5.41, 5.74) is 13.7. The van der Waals surface area contributed by atoms with Crippen molar-refractivity contribution < 1.29 is 8.83 Å². The number of hydrogen-bond donors (Lipinski definition) is 0. The fraction of sp³-hybridized carbons (Fsp3) is 0. The van der Waals surface area contributed by atoms with E-state index < -0.39 is 0 Å². The largest absolute Gasteiger partial charge is 0.456 e. The molecule has 0 N–H and O–H groups in total. The number of furan rings is 2. The van der Waals surface area contributed by atoms with Gasteiger partial charge in [-0.25, -0.2) is 0 Å². The summed E-state index contributed by atoms with van der Waals surface area (Å²) in [5.74, 6) is 0. The Hall–Kier alpha value is -7.40. The van der Waals surface area contributed by atoms with E-state index in [1.54, 1.807) is 0 Å². The van der Waals surface area contributed by atoms with Crippen molar-refractivity contribution in [3.8, 4) is 33.4 Å². The van der Waals surface area contributed by atoms with Crippen LogP contribution in [0, 0.1) is 0 Å². The van der Waals surface area contributed by atoms with E-state index >= 15 is 0 Å². The molecule has 9 aromatic carbocycles. The lowest BCUT2D eigenvalue weighted by atomic mass is 10.0. The van der Waals surface area contributed by atoms with Crippen molar-refractivity contribution >= 4 is 92.4 Å². The fourth-order valence-electron chi connectivity index (χ4n) is 8.57. The smallest absolute Gasteiger partial charge is 0.136 e. The molecule has 272 valence electrons. The quantitative estimate of drug-likeness (QED) is 0.169. The number of rotatable bonds is 6. The van der Waals surface area contributed by atoms with Gasteiger partial charge in [-0.15, -0.1) is 11.3 Å². The van der Waals surface area contributed by atoms with Gasteiger partial charge in [0.05, 0.1) is 0 Å². The normalized spacial score (nSPS) is 11.8. The van der Waals surface area contributed by atoms with Gasteiger partial charge in [0, 0.05) is 58.8 Å². The molecule has 12 aromatic rings. The summed E-state index contributed by atoms with van der Waals surface area (Å²) < 4.78 is 15.8. The fourth-order valence-corrected chi connectivity index (χ4v) is 9.66. The highest BCUT2D eigenvalue weighted by molar-refractivity contribution is 7.25. The Morgan fingerprint density at radius 1 is 0.276 bits per heavy atom. The second-order valence-corrected chi connectivity index (χ2v) is 16.0. The number of benzene rings is 9. The van der Waals surface area contributed by atoms with Crippen LogP contribution >= 0.6 is 11.3 Å². The van der Waals surface area contributed by atoms with E-state index in [0.29, 0.717) is 0 Å². The third-order valence-electron chi connectivity index (χ3n) is 11.5. The maximum atomic E-state index is 6.59. The SMILES string of the molecule is c1ccc(-c2ccc(N(c3ccc(-c4ccccc4)cc3)c3ccc4oc5cc6c(cc5c4c3)oc3ccc(-c4ccc5sc7ccccc7c5c4)cc36)cc2)cc1. The van der Waals surface area contributed by atoms with Crippen LogP contribution in [0.15, 0.2) is 209 Å². The Morgan fingerprint density at radius 2 is 0.707 bits per heavy atom. The zero-order chi connectivity index (χ0) is 38.2. The number of nitrogens with zero attached hydrogens (tertiary/aromatic N) is 1. The van der Waals surface area contributed by atoms with Crippen molar-refractivity contribution in [3.05, 3.63) is 200 Å². The van der Waals surface area contributed by atoms with Crippen LogP contribution in [-0.4, -0.2) is 0 Å². The standard InChI is InChI=1S/C54H33NO2S/c1-3-9-34(10-4-1)36-15-21-40(22-16-36)55(41-23-17-37(18-24-41)35-11-5-2-6-12-35)42-25-27-50-45(31-42)47-33-51-46(32-52(47)57-50)44-29-38(19-26-49(44)56-51)39-20-28-54-48(30-39)43-13-7-8-14-53(43)58-54/h1-33H. The molecule has 0 saturated heterocycles. The Labute approximate surface area is 338 Å². The minimum absolute atomic E-state index is 0.838. The summed E-state index contributed by atoms with van der Waals surface area (Å²) in [7, 11) is 0. The molecule has 3 aromatic heterocycles. The highest BCUT2D eigenvalue weighted by atomic mass is 32.1. The minimum atomic E-state index is 0.838. The molecule has 58 heavy (non-hydrogen) atoms. The van der Waals surface area contributed by atoms with E-state index in [9.17, 15) is 0 Å². The Bertz CT molecular complexity index is 3400. The van der Waals surface area contributed by atoms with Crippen molar-refractivity contribution in [3.63, 3.8) is 0 Å². The van der Waals surface area contributed by atoms with Gasteiger partial charge in [-0.3, -0.25) is 0 Å². The number of anilines is 3. The molecule has 12 rings (SSSR count). The number of hydrogen-bond acceptors (Lipinski definition) is 4. The van der Waals surface area contributed by atoms with E-state index in [0.717, 1.165) is 66.5 Å². The van der Waals surface area contributed by atoms with E-state index in [2.05, 4.69) is 205 Å². The topological polar surface area (TPSA) is 29.5 Å². The summed E-state index contributed by atoms with van der Waals surface area (Å²) in [4.78, 5) is 2.32. The Morgan fingerprint density at radius 3 is 1.33 bits per heavy atom. The predicted molar refractivity (Wildman–Crippen MR) is 245 cm³/mol. The van der Waals surface area contributed by atoms with Gasteiger partial charge in [0.15, 0.2) is 0 Å². The summed E-state index contributed by atoms with van der Waals surface area (Å²) in [6.07, 6.45) is 0. The van der Waals surface area contributed by atoms with Gasteiger partial charge in [0.1, 0.15) is 22.3 Å². The molecular weight excluding hydrogens is 727 g/mol. The zero-order valence-electron chi connectivity index (χ0n) is 31.2. The lowest BCUT2D eigenvalue weighted by Gasteiger charge is -2.26. The summed E-state index contributed by atoms with van der Waals surface area (Å²) >= 11 is 1.85. The predicted octanol–water partition coefficient (Wildman–Crippen LogP) is 16.3. The van der Waals surface area contributed by atoms with Crippen LogP contribution in [0.2, 0.25) is 0 Å². The van der Waals surface area contributed by atoms with Gasteiger partial charge in [0.25, 0.3) is 0 Å². The highest BCUT2D eigenvalue weighted by Gasteiger charge is 2.19. The third-order valence-corrected chi connectivity index (χ3v) is 12.6. The van der Waals surface area contributed by atoms with Crippen LogP contribution in [-0.2, 0) is 0 Å². The van der Waals surface area contributed by atoms with E-state index in [1.165, 1.54) is 48.0 Å². The van der Waals surface area contributed by atoms with Crippen molar-refractivity contribution in [2.24, 2.45) is 0 Å². The lowest BCUT2D eigenvalue weighted by molar-refractivity contribution is 0.664. The van der Waals surface area contributed by atoms with E-state index in [4.69, 9.17) is 8.83 Å². The van der Waals surface area contributed by atoms with Crippen molar-refractivity contribution in [1.29, 1.82) is 0 Å². The van der Waals surface area contributed by atoms with Crippen molar-refractivity contribution in [1.82, 2.24) is 0 Å². The van der Waals surface area contributed by atoms with Gasteiger partial charge < -0.3 is 13.7 Å². The molecule has 0 radical (unpaired) electrons. The average molecular weight is 760 g/mol. The molecule has 3 nitrogen and oxygen atoms in total. The third kappa shape index (κ3) is 5.42. The van der Waals surface area contributed by atoms with Crippen molar-refractivity contribution in [2.75, 3.05) is 4.90 Å². The molecule has 0 bridgehead atoms.